The Labute approximate surface area is 164 Å². The zero-order valence-electron chi connectivity index (χ0n) is 15.7. The molecule has 2 rings (SSSR count). The van der Waals surface area contributed by atoms with E-state index in [4.69, 9.17) is 9.47 Å². The van der Waals surface area contributed by atoms with Gasteiger partial charge in [0, 0.05) is 5.69 Å². The van der Waals surface area contributed by atoms with Gasteiger partial charge in [0.2, 0.25) is 0 Å². The number of nitrogens with zero attached hydrogens (tertiary/aromatic N) is 1. The zero-order valence-corrected chi connectivity index (χ0v) is 15.7. The van der Waals surface area contributed by atoms with Gasteiger partial charge in [-0.2, -0.15) is 5.10 Å². The number of carbonyl (C=O) groups excluding carboxylic acids is 2. The van der Waals surface area contributed by atoms with E-state index >= 15 is 0 Å². The van der Waals surface area contributed by atoms with Crippen LogP contribution in [0.1, 0.15) is 18.9 Å². The quantitative estimate of drug-likeness (QED) is 0.302. The summed E-state index contributed by atoms with van der Waals surface area (Å²) in [5.41, 5.74) is 3.40. The Morgan fingerprint density at radius 2 is 1.86 bits per heavy atom. The predicted molar refractivity (Wildman–Crippen MR) is 109 cm³/mol. The number of amides is 2. The van der Waals surface area contributed by atoms with Crippen LogP contribution in [0.3, 0.4) is 0 Å². The Hall–Kier alpha value is -3.61. The summed E-state index contributed by atoms with van der Waals surface area (Å²) in [4.78, 5) is 23.8. The highest BCUT2D eigenvalue weighted by Gasteiger charge is 2.12. The molecule has 0 aliphatic heterocycles. The molecule has 0 bridgehead atoms. The molecule has 0 spiro atoms. The van der Waals surface area contributed by atoms with E-state index in [0.29, 0.717) is 24.7 Å². The smallest absolute Gasteiger partial charge is 0.329 e. The Kier molecular flexibility index (Phi) is 8.26. The van der Waals surface area contributed by atoms with E-state index in [2.05, 4.69) is 22.4 Å². The van der Waals surface area contributed by atoms with Gasteiger partial charge in [-0.1, -0.05) is 31.7 Å². The minimum Gasteiger partial charge on any atom is -0.494 e. The third-order valence-corrected chi connectivity index (χ3v) is 3.40. The lowest BCUT2D eigenvalue weighted by Gasteiger charge is -2.06. The molecule has 0 unspecified atom stereocenters. The van der Waals surface area contributed by atoms with Gasteiger partial charge in [-0.05, 0) is 48.4 Å². The van der Waals surface area contributed by atoms with Gasteiger partial charge in [-0.3, -0.25) is 9.59 Å². The highest BCUT2D eigenvalue weighted by atomic mass is 16.5. The molecule has 2 N–H and O–H groups in total. The largest absolute Gasteiger partial charge is 0.494 e. The summed E-state index contributed by atoms with van der Waals surface area (Å²) in [5.74, 6) is -0.342. The minimum atomic E-state index is -0.873. The fourth-order valence-electron chi connectivity index (χ4n) is 2.10. The average Bonchev–Trinajstić information content (AvgIpc) is 2.72. The molecule has 2 aromatic rings. The van der Waals surface area contributed by atoms with E-state index < -0.39 is 11.8 Å². The number of hydrogen-bond donors (Lipinski definition) is 2. The summed E-state index contributed by atoms with van der Waals surface area (Å²) in [6.45, 7) is 6.61. The van der Waals surface area contributed by atoms with E-state index in [0.717, 1.165) is 17.7 Å². The van der Waals surface area contributed by atoms with E-state index in [1.807, 2.05) is 25.1 Å². The number of anilines is 1. The molecule has 0 aliphatic carbocycles. The maximum atomic E-state index is 11.9. The van der Waals surface area contributed by atoms with Crippen LogP contribution in [0.4, 0.5) is 5.69 Å². The van der Waals surface area contributed by atoms with Crippen LogP contribution in [0.5, 0.6) is 11.5 Å². The van der Waals surface area contributed by atoms with Gasteiger partial charge in [-0.25, -0.2) is 5.43 Å². The molecular weight excluding hydrogens is 358 g/mol. The molecule has 0 heterocycles. The molecule has 0 aliphatic rings. The molecule has 7 nitrogen and oxygen atoms in total. The van der Waals surface area contributed by atoms with Gasteiger partial charge >= 0.3 is 11.8 Å². The predicted octanol–water partition coefficient (Wildman–Crippen LogP) is 3.13. The molecule has 0 saturated heterocycles. The highest BCUT2D eigenvalue weighted by Crippen LogP contribution is 2.15. The minimum absolute atomic E-state index is 0.389. The van der Waals surface area contributed by atoms with Crippen LogP contribution in [-0.4, -0.2) is 31.2 Å². The van der Waals surface area contributed by atoms with Crippen molar-refractivity contribution >= 4 is 23.7 Å². The Morgan fingerprint density at radius 3 is 2.57 bits per heavy atom. The Morgan fingerprint density at radius 1 is 1.07 bits per heavy atom. The topological polar surface area (TPSA) is 89.0 Å². The Balaban J connectivity index is 1.84. The summed E-state index contributed by atoms with van der Waals surface area (Å²) in [5, 5.41) is 6.29. The summed E-state index contributed by atoms with van der Waals surface area (Å²) < 4.78 is 10.9. The maximum Gasteiger partial charge on any atom is 0.329 e. The van der Waals surface area contributed by atoms with Gasteiger partial charge in [0.25, 0.3) is 0 Å². The Bertz CT molecular complexity index is 832. The van der Waals surface area contributed by atoms with E-state index in [-0.39, 0.29) is 0 Å². The highest BCUT2D eigenvalue weighted by molar-refractivity contribution is 6.39. The number of ether oxygens (including phenoxy) is 2. The first kappa shape index (κ1) is 20.7. The van der Waals surface area contributed by atoms with Crippen molar-refractivity contribution in [3.05, 3.63) is 66.7 Å². The first-order chi connectivity index (χ1) is 13.6. The van der Waals surface area contributed by atoms with Crippen LogP contribution in [0, 0.1) is 0 Å². The molecule has 0 aromatic heterocycles. The maximum absolute atomic E-state index is 11.9. The van der Waals surface area contributed by atoms with Gasteiger partial charge < -0.3 is 14.8 Å². The van der Waals surface area contributed by atoms with Crippen LogP contribution in [-0.2, 0) is 9.59 Å². The van der Waals surface area contributed by atoms with Gasteiger partial charge in [0.15, 0.2) is 0 Å². The number of benzene rings is 2. The fraction of sp³-hybridized carbons (Fsp3) is 0.190. The van der Waals surface area contributed by atoms with Crippen molar-refractivity contribution in [1.29, 1.82) is 0 Å². The van der Waals surface area contributed by atoms with Gasteiger partial charge in [0.05, 0.1) is 12.8 Å². The number of rotatable bonds is 9. The number of nitrogens with one attached hydrogen (secondary N) is 2. The van der Waals surface area contributed by atoms with Gasteiger partial charge in [0.1, 0.15) is 18.1 Å². The third-order valence-electron chi connectivity index (χ3n) is 3.40. The lowest BCUT2D eigenvalue weighted by molar-refractivity contribution is -0.136. The molecule has 0 atom stereocenters. The SMILES string of the molecule is C=CCOc1ccc(NC(=O)C(=O)N/N=C\c2cccc(OCCC)c2)cc1. The zero-order chi connectivity index (χ0) is 20.2. The molecule has 28 heavy (non-hydrogen) atoms. The van der Waals surface area contributed by atoms with Crippen LogP contribution in [0.15, 0.2) is 66.3 Å². The van der Waals surface area contributed by atoms with Crippen LogP contribution in [0.2, 0.25) is 0 Å². The van der Waals surface area contributed by atoms with Crippen LogP contribution < -0.4 is 20.2 Å². The molecule has 146 valence electrons. The molecule has 2 aromatic carbocycles. The second-order valence-electron chi connectivity index (χ2n) is 5.70. The summed E-state index contributed by atoms with van der Waals surface area (Å²) in [7, 11) is 0. The van der Waals surface area contributed by atoms with Crippen molar-refractivity contribution in [3.63, 3.8) is 0 Å². The summed E-state index contributed by atoms with van der Waals surface area (Å²) >= 11 is 0. The lowest BCUT2D eigenvalue weighted by Crippen LogP contribution is -2.32. The lowest BCUT2D eigenvalue weighted by atomic mass is 10.2. The van der Waals surface area contributed by atoms with Crippen LogP contribution in [0.25, 0.3) is 0 Å². The number of carbonyl (C=O) groups is 2. The van der Waals surface area contributed by atoms with Crippen molar-refractivity contribution in [1.82, 2.24) is 5.43 Å². The number of hydrazone groups is 1. The monoisotopic (exact) mass is 381 g/mol. The molecule has 0 fully saturated rings. The summed E-state index contributed by atoms with van der Waals surface area (Å²) in [6, 6.07) is 13.9. The molecule has 2 amide bonds. The van der Waals surface area contributed by atoms with Crippen molar-refractivity contribution < 1.29 is 19.1 Å². The standard InChI is InChI=1S/C21H23N3O4/c1-3-12-27-18-10-8-17(9-11-18)23-20(25)21(26)24-22-15-16-6-5-7-19(14-16)28-13-4-2/h3,5-11,14-15H,1,4,12-13H2,2H3,(H,23,25)(H,24,26)/b22-15-. The molecular formula is C21H23N3O4. The van der Waals surface area contributed by atoms with Crippen molar-refractivity contribution in [2.75, 3.05) is 18.5 Å². The second-order valence-corrected chi connectivity index (χ2v) is 5.70. The number of hydrogen-bond acceptors (Lipinski definition) is 5. The summed E-state index contributed by atoms with van der Waals surface area (Å²) in [6.07, 6.45) is 3.98. The van der Waals surface area contributed by atoms with E-state index in [1.54, 1.807) is 36.4 Å². The second kappa shape index (κ2) is 11.2. The van der Waals surface area contributed by atoms with Crippen molar-refractivity contribution in [2.45, 2.75) is 13.3 Å². The van der Waals surface area contributed by atoms with E-state index in [1.165, 1.54) is 6.21 Å². The van der Waals surface area contributed by atoms with Gasteiger partial charge in [-0.15, -0.1) is 0 Å². The van der Waals surface area contributed by atoms with Crippen molar-refractivity contribution in [3.8, 4) is 11.5 Å². The third kappa shape index (κ3) is 6.95. The first-order valence-electron chi connectivity index (χ1n) is 8.83. The molecule has 7 heteroatoms. The fourth-order valence-corrected chi connectivity index (χ4v) is 2.10. The molecule has 0 saturated carbocycles. The first-order valence-corrected chi connectivity index (χ1v) is 8.83. The normalized spacial score (nSPS) is 10.3. The molecule has 0 radical (unpaired) electrons. The van der Waals surface area contributed by atoms with Crippen LogP contribution >= 0.6 is 0 Å². The van der Waals surface area contributed by atoms with Crippen molar-refractivity contribution in [2.24, 2.45) is 5.10 Å². The van der Waals surface area contributed by atoms with E-state index in [9.17, 15) is 9.59 Å². The average molecular weight is 381 g/mol.